The molecular formula is C11H13O3. The molecule has 0 aromatic heterocycles. The summed E-state index contributed by atoms with van der Waals surface area (Å²) in [6, 6.07) is 5.67. The van der Waals surface area contributed by atoms with Crippen LogP contribution in [-0.4, -0.2) is 6.16 Å². The molecule has 0 aliphatic heterocycles. The summed E-state index contributed by atoms with van der Waals surface area (Å²) in [6.07, 6.45) is -0.704. The van der Waals surface area contributed by atoms with Crippen molar-refractivity contribution in [2.75, 3.05) is 0 Å². The smallest absolute Gasteiger partial charge is 0.427 e. The summed E-state index contributed by atoms with van der Waals surface area (Å²) >= 11 is 0. The van der Waals surface area contributed by atoms with E-state index >= 15 is 0 Å². The number of ether oxygens (including phenoxy) is 2. The Labute approximate surface area is 83.6 Å². The first-order valence-electron chi connectivity index (χ1n) is 4.37. The zero-order chi connectivity index (χ0) is 10.6. The molecule has 3 nitrogen and oxygen atoms in total. The Morgan fingerprint density at radius 3 is 2.36 bits per heavy atom. The van der Waals surface area contributed by atoms with Gasteiger partial charge in [-0.25, -0.2) is 4.79 Å². The van der Waals surface area contributed by atoms with Crippen LogP contribution in [0.5, 0.6) is 5.75 Å². The molecule has 3 heteroatoms. The second kappa shape index (κ2) is 4.65. The van der Waals surface area contributed by atoms with Gasteiger partial charge in [0.25, 0.3) is 0 Å². The van der Waals surface area contributed by atoms with Gasteiger partial charge in [-0.1, -0.05) is 18.2 Å². The first-order chi connectivity index (χ1) is 6.65. The van der Waals surface area contributed by atoms with Crippen molar-refractivity contribution in [2.24, 2.45) is 0 Å². The summed E-state index contributed by atoms with van der Waals surface area (Å²) in [6.45, 7) is 6.67. The molecule has 0 spiro atoms. The number of hydrogen-bond donors (Lipinski definition) is 0. The number of aryl methyl sites for hydroxylation is 2. The van der Waals surface area contributed by atoms with Crippen LogP contribution in [0.1, 0.15) is 18.1 Å². The largest absolute Gasteiger partial charge is 0.514 e. The Bertz CT molecular complexity index is 311. The van der Waals surface area contributed by atoms with Gasteiger partial charge in [-0.05, 0) is 31.9 Å². The third-order valence-corrected chi connectivity index (χ3v) is 1.81. The maximum Gasteiger partial charge on any atom is 0.514 e. The van der Waals surface area contributed by atoms with E-state index in [4.69, 9.17) is 4.74 Å². The molecule has 0 heterocycles. The zero-order valence-corrected chi connectivity index (χ0v) is 8.53. The van der Waals surface area contributed by atoms with Crippen LogP contribution in [0.25, 0.3) is 0 Å². The number of hydrogen-bond acceptors (Lipinski definition) is 3. The van der Waals surface area contributed by atoms with Crippen LogP contribution < -0.4 is 4.74 Å². The standard InChI is InChI=1S/C11H13O3/c1-4-13-11(12)14-10-8(2)6-5-7-9(10)3/h4-7H,1-3H3. The van der Waals surface area contributed by atoms with Crippen LogP contribution in [0.15, 0.2) is 18.2 Å². The van der Waals surface area contributed by atoms with E-state index in [1.165, 1.54) is 6.61 Å². The quantitative estimate of drug-likeness (QED) is 0.535. The lowest BCUT2D eigenvalue weighted by molar-refractivity contribution is 0.123. The number of carbonyl (C=O) groups excluding carboxylic acids is 1. The zero-order valence-electron chi connectivity index (χ0n) is 8.53. The lowest BCUT2D eigenvalue weighted by Crippen LogP contribution is -2.09. The van der Waals surface area contributed by atoms with E-state index in [0.29, 0.717) is 5.75 Å². The van der Waals surface area contributed by atoms with Gasteiger partial charge in [0.2, 0.25) is 0 Å². The highest BCUT2D eigenvalue weighted by Gasteiger charge is 2.09. The van der Waals surface area contributed by atoms with Gasteiger partial charge in [0.05, 0.1) is 0 Å². The van der Waals surface area contributed by atoms with E-state index in [9.17, 15) is 4.79 Å². The number of benzene rings is 1. The molecule has 1 rings (SSSR count). The van der Waals surface area contributed by atoms with Crippen molar-refractivity contribution in [3.8, 4) is 5.75 Å². The van der Waals surface area contributed by atoms with Crippen LogP contribution in [0, 0.1) is 20.5 Å². The van der Waals surface area contributed by atoms with Gasteiger partial charge in [-0.15, -0.1) is 0 Å². The van der Waals surface area contributed by atoms with Crippen molar-refractivity contribution in [1.82, 2.24) is 0 Å². The van der Waals surface area contributed by atoms with Gasteiger partial charge in [-0.2, -0.15) is 0 Å². The molecule has 0 bridgehead atoms. The fourth-order valence-electron chi connectivity index (χ4n) is 1.16. The van der Waals surface area contributed by atoms with Crippen LogP contribution in [0.2, 0.25) is 0 Å². The molecule has 0 atom stereocenters. The predicted octanol–water partition coefficient (Wildman–Crippen LogP) is 3.00. The maximum atomic E-state index is 11.0. The highest BCUT2D eigenvalue weighted by atomic mass is 16.7. The molecule has 1 radical (unpaired) electrons. The van der Waals surface area contributed by atoms with Gasteiger partial charge < -0.3 is 9.47 Å². The van der Waals surface area contributed by atoms with Crippen molar-refractivity contribution in [1.29, 1.82) is 0 Å². The van der Waals surface area contributed by atoms with E-state index in [0.717, 1.165) is 11.1 Å². The highest BCUT2D eigenvalue weighted by molar-refractivity contribution is 5.65. The lowest BCUT2D eigenvalue weighted by Gasteiger charge is -2.08. The van der Waals surface area contributed by atoms with Crippen molar-refractivity contribution in [3.05, 3.63) is 35.9 Å². The number of carbonyl (C=O) groups is 1. The number of para-hydroxylation sites is 1. The summed E-state index contributed by atoms with van der Waals surface area (Å²) < 4.78 is 9.59. The fourth-order valence-corrected chi connectivity index (χ4v) is 1.16. The number of rotatable bonds is 2. The Morgan fingerprint density at radius 2 is 1.86 bits per heavy atom. The monoisotopic (exact) mass is 193 g/mol. The normalized spacial score (nSPS) is 9.64. The molecule has 0 amide bonds. The SMILES string of the molecule is C[CH]OC(=O)Oc1c(C)cccc1C. The van der Waals surface area contributed by atoms with Gasteiger partial charge in [-0.3, -0.25) is 0 Å². The van der Waals surface area contributed by atoms with Crippen molar-refractivity contribution < 1.29 is 14.3 Å². The van der Waals surface area contributed by atoms with Crippen LogP contribution in [0.3, 0.4) is 0 Å². The van der Waals surface area contributed by atoms with Crippen LogP contribution >= 0.6 is 0 Å². The highest BCUT2D eigenvalue weighted by Crippen LogP contribution is 2.22. The predicted molar refractivity (Wildman–Crippen MR) is 53.0 cm³/mol. The Balaban J connectivity index is 2.80. The molecule has 14 heavy (non-hydrogen) atoms. The van der Waals surface area contributed by atoms with E-state index in [1.54, 1.807) is 6.92 Å². The third-order valence-electron chi connectivity index (χ3n) is 1.81. The molecule has 1 aromatic carbocycles. The van der Waals surface area contributed by atoms with Crippen LogP contribution in [-0.2, 0) is 4.74 Å². The Hall–Kier alpha value is -1.51. The lowest BCUT2D eigenvalue weighted by atomic mass is 10.1. The van der Waals surface area contributed by atoms with Crippen molar-refractivity contribution in [2.45, 2.75) is 20.8 Å². The molecule has 1 aromatic rings. The van der Waals surface area contributed by atoms with E-state index in [2.05, 4.69) is 4.74 Å². The summed E-state index contributed by atoms with van der Waals surface area (Å²) in [4.78, 5) is 11.0. The average molecular weight is 193 g/mol. The molecule has 0 aliphatic carbocycles. The molecule has 0 aliphatic rings. The molecule has 75 valence electrons. The van der Waals surface area contributed by atoms with E-state index in [-0.39, 0.29) is 0 Å². The summed E-state index contributed by atoms with van der Waals surface area (Å²) in [5, 5.41) is 0. The van der Waals surface area contributed by atoms with Gasteiger partial charge in [0.1, 0.15) is 12.4 Å². The minimum atomic E-state index is -0.704. The summed E-state index contributed by atoms with van der Waals surface area (Å²) in [5.41, 5.74) is 1.83. The average Bonchev–Trinajstić information content (AvgIpc) is 2.12. The maximum absolute atomic E-state index is 11.0. The Morgan fingerprint density at radius 1 is 1.29 bits per heavy atom. The third kappa shape index (κ3) is 2.49. The second-order valence-electron chi connectivity index (χ2n) is 2.93. The van der Waals surface area contributed by atoms with Crippen LogP contribution in [0.4, 0.5) is 4.79 Å². The second-order valence-corrected chi connectivity index (χ2v) is 2.93. The van der Waals surface area contributed by atoms with Crippen molar-refractivity contribution in [3.63, 3.8) is 0 Å². The van der Waals surface area contributed by atoms with E-state index < -0.39 is 6.16 Å². The first kappa shape index (κ1) is 10.6. The molecule has 0 saturated carbocycles. The van der Waals surface area contributed by atoms with Gasteiger partial charge in [0, 0.05) is 0 Å². The first-order valence-corrected chi connectivity index (χ1v) is 4.37. The molecule has 0 N–H and O–H groups in total. The minimum Gasteiger partial charge on any atom is -0.427 e. The summed E-state index contributed by atoms with van der Waals surface area (Å²) in [7, 11) is 0. The molecule has 0 saturated heterocycles. The summed E-state index contributed by atoms with van der Waals surface area (Å²) in [5.74, 6) is 0.569. The molecular weight excluding hydrogens is 180 g/mol. The van der Waals surface area contributed by atoms with Gasteiger partial charge >= 0.3 is 6.16 Å². The molecule has 0 unspecified atom stereocenters. The minimum absolute atomic E-state index is 0.569. The fraction of sp³-hybridized carbons (Fsp3) is 0.273. The topological polar surface area (TPSA) is 35.5 Å². The van der Waals surface area contributed by atoms with Gasteiger partial charge in [0.15, 0.2) is 0 Å². The van der Waals surface area contributed by atoms with Crippen molar-refractivity contribution >= 4 is 6.16 Å². The Kier molecular flexibility index (Phi) is 3.51. The van der Waals surface area contributed by atoms with E-state index in [1.807, 2.05) is 32.0 Å². The molecule has 0 fully saturated rings.